The minimum absolute atomic E-state index is 0.151. The number of para-hydroxylation sites is 1. The van der Waals surface area contributed by atoms with E-state index in [1.807, 2.05) is 39.0 Å². The summed E-state index contributed by atoms with van der Waals surface area (Å²) >= 11 is 6.28. The van der Waals surface area contributed by atoms with E-state index in [-0.39, 0.29) is 23.7 Å². The molecule has 2 amide bonds. The monoisotopic (exact) mass is 447 g/mol. The predicted molar refractivity (Wildman–Crippen MR) is 119 cm³/mol. The van der Waals surface area contributed by atoms with Crippen molar-refractivity contribution in [1.29, 1.82) is 0 Å². The van der Waals surface area contributed by atoms with E-state index in [1.165, 1.54) is 0 Å². The topological polar surface area (TPSA) is 80.6 Å². The molecule has 1 aliphatic rings. The van der Waals surface area contributed by atoms with Gasteiger partial charge in [0.25, 0.3) is 5.91 Å². The third kappa shape index (κ3) is 5.76. The minimum atomic E-state index is -0.538. The Morgan fingerprint density at radius 2 is 2.00 bits per heavy atom. The highest BCUT2D eigenvalue weighted by molar-refractivity contribution is 6.32. The van der Waals surface area contributed by atoms with Crippen molar-refractivity contribution in [2.24, 2.45) is 5.92 Å². The third-order valence-corrected chi connectivity index (χ3v) is 5.40. The summed E-state index contributed by atoms with van der Waals surface area (Å²) in [4.78, 5) is 33.1. The molecule has 1 aliphatic heterocycles. The molecule has 1 aromatic heterocycles. The van der Waals surface area contributed by atoms with Gasteiger partial charge in [-0.25, -0.2) is 14.5 Å². The van der Waals surface area contributed by atoms with Crippen LogP contribution < -0.4 is 0 Å². The fourth-order valence-corrected chi connectivity index (χ4v) is 3.89. The summed E-state index contributed by atoms with van der Waals surface area (Å²) in [6, 6.07) is 7.31. The number of halogens is 1. The molecule has 1 unspecified atom stereocenters. The number of likely N-dealkylation sites (tertiary alicyclic amines) is 1. The van der Waals surface area contributed by atoms with Crippen LogP contribution in [0, 0.1) is 12.8 Å². The summed E-state index contributed by atoms with van der Waals surface area (Å²) in [7, 11) is 1.73. The van der Waals surface area contributed by atoms with Crippen molar-refractivity contribution in [3.63, 3.8) is 0 Å². The smallest absolute Gasteiger partial charge is 0.410 e. The Kier molecular flexibility index (Phi) is 6.89. The highest BCUT2D eigenvalue weighted by Gasteiger charge is 2.30. The first-order valence-electron chi connectivity index (χ1n) is 10.5. The number of carbonyl (C=O) groups excluding carboxylic acids is 2. The highest BCUT2D eigenvalue weighted by Crippen LogP contribution is 2.22. The molecule has 0 aliphatic carbocycles. The molecular weight excluding hydrogens is 418 g/mol. The number of ether oxygens (including phenoxy) is 1. The number of benzene rings is 1. The van der Waals surface area contributed by atoms with Crippen molar-refractivity contribution in [2.75, 3.05) is 26.7 Å². The lowest BCUT2D eigenvalue weighted by Gasteiger charge is -2.34. The van der Waals surface area contributed by atoms with Crippen LogP contribution in [-0.2, 0) is 4.74 Å². The van der Waals surface area contributed by atoms with Gasteiger partial charge in [-0.15, -0.1) is 5.10 Å². The Bertz CT molecular complexity index is 953. The van der Waals surface area contributed by atoms with Gasteiger partial charge in [-0.3, -0.25) is 4.79 Å². The second-order valence-electron chi connectivity index (χ2n) is 8.97. The normalized spacial score (nSPS) is 16.8. The largest absolute Gasteiger partial charge is 0.444 e. The van der Waals surface area contributed by atoms with E-state index < -0.39 is 5.60 Å². The van der Waals surface area contributed by atoms with Crippen LogP contribution in [0.5, 0.6) is 0 Å². The molecule has 2 aromatic rings. The van der Waals surface area contributed by atoms with Crippen LogP contribution in [0.4, 0.5) is 4.79 Å². The summed E-state index contributed by atoms with van der Waals surface area (Å²) in [6.45, 7) is 9.04. The molecule has 0 saturated carbocycles. The van der Waals surface area contributed by atoms with Crippen molar-refractivity contribution in [1.82, 2.24) is 24.6 Å². The molecule has 2 heterocycles. The molecule has 1 aromatic carbocycles. The second kappa shape index (κ2) is 9.26. The van der Waals surface area contributed by atoms with Crippen molar-refractivity contribution >= 4 is 23.6 Å². The molecule has 0 radical (unpaired) electrons. The van der Waals surface area contributed by atoms with Crippen LogP contribution in [0.2, 0.25) is 5.02 Å². The number of hydrogen-bond donors (Lipinski definition) is 0. The van der Waals surface area contributed by atoms with E-state index in [4.69, 9.17) is 16.3 Å². The number of hydrogen-bond acceptors (Lipinski definition) is 5. The maximum atomic E-state index is 13.1. The van der Waals surface area contributed by atoms with E-state index in [2.05, 4.69) is 10.1 Å². The molecule has 0 N–H and O–H groups in total. The molecule has 9 heteroatoms. The maximum Gasteiger partial charge on any atom is 0.410 e. The van der Waals surface area contributed by atoms with Gasteiger partial charge >= 0.3 is 6.09 Å². The van der Waals surface area contributed by atoms with Crippen molar-refractivity contribution in [3.05, 3.63) is 40.9 Å². The Hall–Kier alpha value is -2.61. The number of amides is 2. The Balaban J connectivity index is 1.67. The van der Waals surface area contributed by atoms with Gasteiger partial charge in [0, 0.05) is 26.7 Å². The fraction of sp³-hybridized carbons (Fsp3) is 0.545. The molecular formula is C22H30ClN5O3. The Labute approximate surface area is 188 Å². The lowest BCUT2D eigenvalue weighted by atomic mass is 9.97. The minimum Gasteiger partial charge on any atom is -0.444 e. The van der Waals surface area contributed by atoms with Gasteiger partial charge in [0.15, 0.2) is 0 Å². The van der Waals surface area contributed by atoms with Gasteiger partial charge in [-0.1, -0.05) is 23.7 Å². The number of nitrogens with zero attached hydrogens (tertiary/aromatic N) is 5. The van der Waals surface area contributed by atoms with Gasteiger partial charge in [0.1, 0.15) is 11.4 Å². The Morgan fingerprint density at radius 3 is 2.68 bits per heavy atom. The SMILES string of the molecule is Cc1nc(C(=O)N2CCCC(CN(C)C(=O)OC(C)(C)C)C2)nn1-c1ccccc1Cl. The number of piperidine rings is 1. The third-order valence-electron chi connectivity index (χ3n) is 5.08. The van der Waals surface area contributed by atoms with E-state index >= 15 is 0 Å². The van der Waals surface area contributed by atoms with Crippen LogP contribution in [0.15, 0.2) is 24.3 Å². The predicted octanol–water partition coefficient (Wildman–Crippen LogP) is 3.95. The molecule has 1 fully saturated rings. The van der Waals surface area contributed by atoms with Crippen LogP contribution in [0.3, 0.4) is 0 Å². The van der Waals surface area contributed by atoms with Crippen LogP contribution >= 0.6 is 11.6 Å². The average Bonchev–Trinajstić information content (AvgIpc) is 3.08. The van der Waals surface area contributed by atoms with Gasteiger partial charge in [0.05, 0.1) is 10.7 Å². The first kappa shape index (κ1) is 23.1. The lowest BCUT2D eigenvalue weighted by molar-refractivity contribution is 0.0243. The zero-order chi connectivity index (χ0) is 22.8. The lowest BCUT2D eigenvalue weighted by Crippen LogP contribution is -2.45. The van der Waals surface area contributed by atoms with Crippen LogP contribution in [-0.4, -0.2) is 68.8 Å². The number of aromatic nitrogens is 3. The van der Waals surface area contributed by atoms with E-state index in [1.54, 1.807) is 34.5 Å². The number of rotatable bonds is 4. The van der Waals surface area contributed by atoms with Crippen molar-refractivity contribution < 1.29 is 14.3 Å². The molecule has 3 rings (SSSR count). The van der Waals surface area contributed by atoms with Gasteiger partial charge in [0.2, 0.25) is 5.82 Å². The maximum absolute atomic E-state index is 13.1. The summed E-state index contributed by atoms with van der Waals surface area (Å²) in [5.41, 5.74) is 0.146. The van der Waals surface area contributed by atoms with Gasteiger partial charge in [-0.05, 0) is 58.6 Å². The quantitative estimate of drug-likeness (QED) is 0.708. The molecule has 1 atom stereocenters. The average molecular weight is 448 g/mol. The standard InChI is InChI=1S/C22H30ClN5O3/c1-15-24-19(25-28(15)18-11-7-6-10-17(18)23)20(29)27-12-8-9-16(14-27)13-26(5)21(30)31-22(2,3)4/h6-7,10-11,16H,8-9,12-14H2,1-5H3. The van der Waals surface area contributed by atoms with Crippen molar-refractivity contribution in [3.8, 4) is 5.69 Å². The van der Waals surface area contributed by atoms with Gasteiger partial charge < -0.3 is 14.5 Å². The molecule has 1 saturated heterocycles. The first-order chi connectivity index (χ1) is 14.5. The summed E-state index contributed by atoms with van der Waals surface area (Å²) in [5, 5.41) is 4.96. The number of carbonyl (C=O) groups is 2. The van der Waals surface area contributed by atoms with Crippen LogP contribution in [0.25, 0.3) is 5.69 Å². The fourth-order valence-electron chi connectivity index (χ4n) is 3.67. The van der Waals surface area contributed by atoms with Crippen molar-refractivity contribution in [2.45, 2.75) is 46.1 Å². The number of aryl methyl sites for hydroxylation is 1. The Morgan fingerprint density at radius 1 is 1.29 bits per heavy atom. The first-order valence-corrected chi connectivity index (χ1v) is 10.8. The summed E-state index contributed by atoms with van der Waals surface area (Å²) < 4.78 is 7.02. The summed E-state index contributed by atoms with van der Waals surface area (Å²) in [5.74, 6) is 0.703. The van der Waals surface area contributed by atoms with E-state index in [9.17, 15) is 9.59 Å². The molecule has 0 bridgehead atoms. The molecule has 0 spiro atoms. The highest BCUT2D eigenvalue weighted by atomic mass is 35.5. The second-order valence-corrected chi connectivity index (χ2v) is 9.37. The van der Waals surface area contributed by atoms with Gasteiger partial charge in [-0.2, -0.15) is 0 Å². The zero-order valence-electron chi connectivity index (χ0n) is 18.8. The van der Waals surface area contributed by atoms with E-state index in [0.717, 1.165) is 12.8 Å². The van der Waals surface area contributed by atoms with Crippen LogP contribution in [0.1, 0.15) is 50.1 Å². The van der Waals surface area contributed by atoms with E-state index in [0.29, 0.717) is 36.2 Å². The summed E-state index contributed by atoms with van der Waals surface area (Å²) in [6.07, 6.45) is 1.45. The zero-order valence-corrected chi connectivity index (χ0v) is 19.5. The molecule has 168 valence electrons. The molecule has 8 nitrogen and oxygen atoms in total. The molecule has 31 heavy (non-hydrogen) atoms.